The van der Waals surface area contributed by atoms with Gasteiger partial charge in [-0.05, 0) is 42.8 Å². The second-order valence-corrected chi connectivity index (χ2v) is 10.7. The molecule has 1 fully saturated rings. The van der Waals surface area contributed by atoms with Gasteiger partial charge in [0, 0.05) is 5.56 Å². The Morgan fingerprint density at radius 2 is 1.78 bits per heavy atom. The zero-order valence-corrected chi connectivity index (χ0v) is 16.2. The molecule has 1 saturated heterocycles. The second-order valence-electron chi connectivity index (χ2n) is 6.25. The Balaban J connectivity index is 1.78. The first-order valence-corrected chi connectivity index (χ1v) is 11.6. The van der Waals surface area contributed by atoms with E-state index in [1.54, 1.807) is 24.3 Å². The third-order valence-electron chi connectivity index (χ3n) is 4.43. The summed E-state index contributed by atoms with van der Waals surface area (Å²) in [4.78, 5) is 12.4. The van der Waals surface area contributed by atoms with Crippen LogP contribution in [0.15, 0.2) is 53.4 Å². The summed E-state index contributed by atoms with van der Waals surface area (Å²) in [5.74, 6) is -0.374. The average molecular weight is 409 g/mol. The predicted molar refractivity (Wildman–Crippen MR) is 102 cm³/mol. The summed E-state index contributed by atoms with van der Waals surface area (Å²) in [6.45, 7) is 0. The molecule has 0 aromatic heterocycles. The minimum absolute atomic E-state index is 0.0124. The maximum absolute atomic E-state index is 12.6. The number of sulfone groups is 2. The highest BCUT2D eigenvalue weighted by molar-refractivity contribution is 7.96. The fourth-order valence-corrected chi connectivity index (χ4v) is 7.30. The van der Waals surface area contributed by atoms with Crippen LogP contribution in [0.5, 0.6) is 5.75 Å². The van der Waals surface area contributed by atoms with E-state index >= 15 is 0 Å². The lowest BCUT2D eigenvalue weighted by Crippen LogP contribution is -2.23. The molecule has 1 amide bonds. The molecule has 9 heteroatoms. The highest BCUT2D eigenvalue weighted by atomic mass is 32.2. The summed E-state index contributed by atoms with van der Waals surface area (Å²) in [5.41, 5.74) is 0.775. The van der Waals surface area contributed by atoms with Crippen LogP contribution in [-0.4, -0.2) is 46.6 Å². The van der Waals surface area contributed by atoms with E-state index in [2.05, 4.69) is 5.32 Å². The summed E-state index contributed by atoms with van der Waals surface area (Å²) in [5, 5.41) is 1.77. The van der Waals surface area contributed by atoms with Crippen LogP contribution in [0.2, 0.25) is 0 Å². The van der Waals surface area contributed by atoms with Gasteiger partial charge in [0.25, 0.3) is 5.91 Å². The molecule has 144 valence electrons. The molecule has 0 unspecified atom stereocenters. The van der Waals surface area contributed by atoms with E-state index in [0.29, 0.717) is 11.4 Å². The first-order valence-electron chi connectivity index (χ1n) is 8.22. The molecule has 3 rings (SSSR count). The van der Waals surface area contributed by atoms with Crippen LogP contribution < -0.4 is 10.1 Å². The van der Waals surface area contributed by atoms with E-state index in [0.717, 1.165) is 0 Å². The SMILES string of the molecule is COc1ccccc1NC(=O)c1ccc(S(=O)(=O)[C@@H]2CCS(=O)(=O)C2)cc1. The Hall–Kier alpha value is -2.39. The lowest BCUT2D eigenvalue weighted by Gasteiger charge is -2.12. The van der Waals surface area contributed by atoms with Crippen molar-refractivity contribution in [2.45, 2.75) is 16.6 Å². The minimum atomic E-state index is -3.75. The van der Waals surface area contributed by atoms with Gasteiger partial charge in [0.15, 0.2) is 19.7 Å². The van der Waals surface area contributed by atoms with Gasteiger partial charge in [0.1, 0.15) is 5.75 Å². The van der Waals surface area contributed by atoms with Gasteiger partial charge in [-0.1, -0.05) is 12.1 Å². The van der Waals surface area contributed by atoms with Crippen LogP contribution in [0.3, 0.4) is 0 Å². The number of hydrogen-bond donors (Lipinski definition) is 1. The molecule has 0 saturated carbocycles. The lowest BCUT2D eigenvalue weighted by atomic mass is 10.2. The van der Waals surface area contributed by atoms with Gasteiger partial charge in [-0.3, -0.25) is 4.79 Å². The number of ether oxygens (including phenoxy) is 1. The molecule has 1 N–H and O–H groups in total. The number of rotatable bonds is 5. The predicted octanol–water partition coefficient (Wildman–Crippen LogP) is 1.91. The molecule has 7 nitrogen and oxygen atoms in total. The van der Waals surface area contributed by atoms with E-state index in [1.807, 2.05) is 0 Å². The molecule has 0 spiro atoms. The molecule has 0 bridgehead atoms. The molecule has 2 aromatic carbocycles. The quantitative estimate of drug-likeness (QED) is 0.808. The van der Waals surface area contributed by atoms with Crippen molar-refractivity contribution in [3.8, 4) is 5.75 Å². The van der Waals surface area contributed by atoms with Crippen molar-refractivity contribution in [1.29, 1.82) is 0 Å². The van der Waals surface area contributed by atoms with Gasteiger partial charge in [-0.25, -0.2) is 16.8 Å². The van der Waals surface area contributed by atoms with Crippen molar-refractivity contribution in [1.82, 2.24) is 0 Å². The topological polar surface area (TPSA) is 107 Å². The van der Waals surface area contributed by atoms with Crippen LogP contribution >= 0.6 is 0 Å². The number of benzene rings is 2. The van der Waals surface area contributed by atoms with Crippen molar-refractivity contribution in [2.24, 2.45) is 0 Å². The fraction of sp³-hybridized carbons (Fsp3) is 0.278. The van der Waals surface area contributed by atoms with Gasteiger partial charge in [0.2, 0.25) is 0 Å². The molecule has 1 aliphatic heterocycles. The normalized spacial score (nSPS) is 18.8. The van der Waals surface area contributed by atoms with Gasteiger partial charge in [-0.2, -0.15) is 0 Å². The lowest BCUT2D eigenvalue weighted by molar-refractivity contribution is 0.102. The van der Waals surface area contributed by atoms with Crippen LogP contribution in [0.4, 0.5) is 5.69 Å². The Morgan fingerprint density at radius 3 is 2.37 bits per heavy atom. The van der Waals surface area contributed by atoms with Crippen molar-refractivity contribution < 1.29 is 26.4 Å². The van der Waals surface area contributed by atoms with Gasteiger partial charge >= 0.3 is 0 Å². The van der Waals surface area contributed by atoms with Crippen molar-refractivity contribution in [3.63, 3.8) is 0 Å². The molecule has 0 aliphatic carbocycles. The Morgan fingerprint density at radius 1 is 1.11 bits per heavy atom. The van der Waals surface area contributed by atoms with Gasteiger partial charge in [-0.15, -0.1) is 0 Å². The third kappa shape index (κ3) is 4.14. The number of amides is 1. The van der Waals surface area contributed by atoms with E-state index < -0.39 is 30.8 Å². The van der Waals surface area contributed by atoms with E-state index in [9.17, 15) is 21.6 Å². The number of nitrogens with one attached hydrogen (secondary N) is 1. The smallest absolute Gasteiger partial charge is 0.255 e. The number of methoxy groups -OCH3 is 1. The summed E-state index contributed by atoms with van der Waals surface area (Å²) in [7, 11) is -5.56. The zero-order chi connectivity index (χ0) is 19.7. The molecular formula is C18H19NO6S2. The van der Waals surface area contributed by atoms with Crippen LogP contribution in [0.1, 0.15) is 16.8 Å². The second kappa shape index (κ2) is 7.32. The van der Waals surface area contributed by atoms with Crippen LogP contribution in [-0.2, 0) is 19.7 Å². The third-order valence-corrected chi connectivity index (χ3v) is 8.62. The largest absolute Gasteiger partial charge is 0.495 e. The zero-order valence-electron chi connectivity index (χ0n) is 14.6. The summed E-state index contributed by atoms with van der Waals surface area (Å²) in [6.07, 6.45) is 0.0979. The van der Waals surface area contributed by atoms with Gasteiger partial charge in [0.05, 0.1) is 34.4 Å². The molecule has 27 heavy (non-hydrogen) atoms. The highest BCUT2D eigenvalue weighted by Crippen LogP contribution is 2.26. The fourth-order valence-electron chi connectivity index (χ4n) is 2.94. The van der Waals surface area contributed by atoms with Crippen LogP contribution in [0, 0.1) is 0 Å². The number of hydrogen-bond acceptors (Lipinski definition) is 6. The number of anilines is 1. The van der Waals surface area contributed by atoms with Gasteiger partial charge < -0.3 is 10.1 Å². The number of carbonyl (C=O) groups excluding carboxylic acids is 1. The molecular weight excluding hydrogens is 390 g/mol. The van der Waals surface area contributed by atoms with Crippen molar-refractivity contribution in [2.75, 3.05) is 23.9 Å². The molecule has 0 radical (unpaired) electrons. The van der Waals surface area contributed by atoms with E-state index in [1.165, 1.54) is 31.4 Å². The number of carbonyl (C=O) groups is 1. The first-order chi connectivity index (χ1) is 12.7. The first kappa shape index (κ1) is 19.4. The summed E-state index contributed by atoms with van der Waals surface area (Å²) in [6, 6.07) is 12.4. The Kier molecular flexibility index (Phi) is 5.25. The minimum Gasteiger partial charge on any atom is -0.495 e. The summed E-state index contributed by atoms with van der Waals surface area (Å²) >= 11 is 0. The molecule has 2 aromatic rings. The number of para-hydroxylation sites is 2. The molecule has 1 heterocycles. The molecule has 1 atom stereocenters. The van der Waals surface area contributed by atoms with E-state index in [4.69, 9.17) is 4.74 Å². The standard InChI is InChI=1S/C18H19NO6S2/c1-25-17-5-3-2-4-16(17)19-18(20)13-6-8-14(9-7-13)27(23,24)15-10-11-26(21,22)12-15/h2-9,15H,10-12H2,1H3,(H,19,20)/t15-/m1/s1. The van der Waals surface area contributed by atoms with E-state index in [-0.39, 0.29) is 28.4 Å². The average Bonchev–Trinajstić information content (AvgIpc) is 3.03. The summed E-state index contributed by atoms with van der Waals surface area (Å²) < 4.78 is 53.5. The monoisotopic (exact) mass is 409 g/mol. The van der Waals surface area contributed by atoms with Crippen molar-refractivity contribution >= 4 is 31.3 Å². The molecule has 1 aliphatic rings. The Labute approximate surface area is 158 Å². The van der Waals surface area contributed by atoms with Crippen LogP contribution in [0.25, 0.3) is 0 Å². The maximum atomic E-state index is 12.6. The highest BCUT2D eigenvalue weighted by Gasteiger charge is 2.37. The van der Waals surface area contributed by atoms with Crippen molar-refractivity contribution in [3.05, 3.63) is 54.1 Å². The Bertz CT molecular complexity index is 1060. The maximum Gasteiger partial charge on any atom is 0.255 e.